The molecule has 13 nitrogen and oxygen atoms in total. The molecule has 4 N–H and O–H groups in total. The van der Waals surface area contributed by atoms with Crippen molar-refractivity contribution in [3.8, 4) is 34.5 Å². The molecule has 4 aromatic carbocycles. The molecule has 0 aromatic heterocycles. The fourth-order valence-electron chi connectivity index (χ4n) is 14.7. The lowest BCUT2D eigenvalue weighted by atomic mass is 10.1. The fraction of sp³-hybridized carbons (Fsp3) is 0.727. The lowest BCUT2D eigenvalue weighted by Crippen LogP contribution is -2.19. The number of carbonyl (C=O) groups is 3. The number of amides is 4. The second-order valence-corrected chi connectivity index (χ2v) is 32.4. The van der Waals surface area contributed by atoms with Crippen LogP contribution < -0.4 is 49.7 Å². The Bertz CT molecular complexity index is 2600. The van der Waals surface area contributed by atoms with Crippen molar-refractivity contribution in [1.82, 2.24) is 0 Å². The van der Waals surface area contributed by atoms with Crippen LogP contribution in [0.3, 0.4) is 0 Å². The third-order valence-corrected chi connectivity index (χ3v) is 21.9. The van der Waals surface area contributed by atoms with Crippen molar-refractivity contribution >= 4 is 40.6 Å². The third-order valence-electron chi connectivity index (χ3n) is 21.9. The molecule has 0 aliphatic rings. The Morgan fingerprint density at radius 3 is 0.536 bits per heavy atom. The summed E-state index contributed by atoms with van der Waals surface area (Å²) in [6.07, 6.45) is 74.2. The van der Waals surface area contributed by atoms with Gasteiger partial charge in [0.25, 0.3) is 11.8 Å². The van der Waals surface area contributed by atoms with Gasteiger partial charge in [0, 0.05) is 33.9 Å². The van der Waals surface area contributed by atoms with Gasteiger partial charge in [-0.25, -0.2) is 4.79 Å². The van der Waals surface area contributed by atoms with Gasteiger partial charge in [0.05, 0.1) is 39.6 Å². The first-order valence-corrected chi connectivity index (χ1v) is 47.3. The highest BCUT2D eigenvalue weighted by atomic mass is 16.5. The zero-order chi connectivity index (χ0) is 79.9. The highest BCUT2D eigenvalue weighted by Gasteiger charge is 2.23. The summed E-state index contributed by atoms with van der Waals surface area (Å²) in [7, 11) is 0. The third kappa shape index (κ3) is 50.3. The number of carbonyl (C=O) groups excluding carboxylic acids is 3. The van der Waals surface area contributed by atoms with Gasteiger partial charge in [0.2, 0.25) is 11.5 Å². The van der Waals surface area contributed by atoms with Crippen LogP contribution in [-0.2, 0) is 0 Å². The molecular formula is C99H166N4O9. The first-order valence-electron chi connectivity index (χ1n) is 47.3. The number of anilines is 4. The molecule has 112 heavy (non-hydrogen) atoms. The van der Waals surface area contributed by atoms with Gasteiger partial charge in [0.1, 0.15) is 0 Å². The van der Waals surface area contributed by atoms with Crippen molar-refractivity contribution in [3.05, 3.63) is 83.9 Å². The quantitative estimate of drug-likeness (QED) is 0.0316. The van der Waals surface area contributed by atoms with E-state index in [1.54, 1.807) is 48.5 Å². The van der Waals surface area contributed by atoms with Crippen LogP contribution in [0.25, 0.3) is 0 Å². The maximum Gasteiger partial charge on any atom is 0.323 e. The molecule has 4 aromatic rings. The molecule has 0 heterocycles. The Morgan fingerprint density at radius 1 is 0.205 bits per heavy atom. The number of hydrogen-bond acceptors (Lipinski definition) is 9. The van der Waals surface area contributed by atoms with E-state index in [4.69, 9.17) is 28.4 Å². The SMILES string of the molecule is CCCCCCCCCCCCOc1cc(C(=O)Nc2ccc(NC(=O)Nc3ccc(NC(=O)c4cc(OCCCCCCCCCCCC)c(OCCCCCCCCCCCC)c(OCCCCCCCCCCCC)c4)cc3)cc2)cc(OCCCCCCCCCCCC)c1OCCCCCCCCCCCC. The Hall–Kier alpha value is -6.11. The van der Waals surface area contributed by atoms with Gasteiger partial charge in [-0.15, -0.1) is 0 Å². The van der Waals surface area contributed by atoms with Gasteiger partial charge in [0.15, 0.2) is 23.0 Å². The molecule has 0 unspecified atom stereocenters. The summed E-state index contributed by atoms with van der Waals surface area (Å²) in [5, 5.41) is 12.1. The van der Waals surface area contributed by atoms with Gasteiger partial charge in [-0.3, -0.25) is 9.59 Å². The molecular weight excluding hydrogens is 1390 g/mol. The molecule has 0 atom stereocenters. The van der Waals surface area contributed by atoms with Crippen molar-refractivity contribution in [3.63, 3.8) is 0 Å². The Kier molecular flexibility index (Phi) is 61.7. The maximum atomic E-state index is 14.4. The van der Waals surface area contributed by atoms with E-state index in [2.05, 4.69) is 62.8 Å². The smallest absolute Gasteiger partial charge is 0.323 e. The van der Waals surface area contributed by atoms with Crippen molar-refractivity contribution in [2.24, 2.45) is 0 Å². The average molecular weight is 1560 g/mol. The zero-order valence-corrected chi connectivity index (χ0v) is 72.8. The highest BCUT2D eigenvalue weighted by molar-refractivity contribution is 6.06. The van der Waals surface area contributed by atoms with Crippen molar-refractivity contribution in [1.29, 1.82) is 0 Å². The van der Waals surface area contributed by atoms with Crippen LogP contribution in [0, 0.1) is 0 Å². The summed E-state index contributed by atoms with van der Waals surface area (Å²) in [6, 6.07) is 21.0. The van der Waals surface area contributed by atoms with E-state index in [-0.39, 0.29) is 11.8 Å². The predicted molar refractivity (Wildman–Crippen MR) is 478 cm³/mol. The Labute approximate surface area is 685 Å². The molecule has 0 radical (unpaired) electrons. The summed E-state index contributed by atoms with van der Waals surface area (Å²) in [5.41, 5.74) is 3.07. The van der Waals surface area contributed by atoms with Crippen LogP contribution in [0.5, 0.6) is 34.5 Å². The van der Waals surface area contributed by atoms with Crippen molar-refractivity contribution < 1.29 is 42.8 Å². The topological polar surface area (TPSA) is 155 Å². The summed E-state index contributed by atoms with van der Waals surface area (Å²) >= 11 is 0. The molecule has 0 aliphatic carbocycles. The summed E-state index contributed by atoms with van der Waals surface area (Å²) in [6.45, 7) is 16.8. The number of hydrogen-bond donors (Lipinski definition) is 4. The number of unbranched alkanes of at least 4 members (excludes halogenated alkanes) is 54. The van der Waals surface area contributed by atoms with Crippen LogP contribution >= 0.6 is 0 Å². The molecule has 4 amide bonds. The Balaban J connectivity index is 1.45. The van der Waals surface area contributed by atoms with Crippen LogP contribution in [0.1, 0.15) is 448 Å². The van der Waals surface area contributed by atoms with E-state index in [0.717, 1.165) is 77.0 Å². The normalized spacial score (nSPS) is 11.3. The lowest BCUT2D eigenvalue weighted by molar-refractivity contribution is 0.101. The van der Waals surface area contributed by atoms with E-state index in [1.165, 1.54) is 308 Å². The summed E-state index contributed by atoms with van der Waals surface area (Å²) < 4.78 is 39.8. The van der Waals surface area contributed by atoms with Gasteiger partial charge in [-0.2, -0.15) is 0 Å². The molecule has 0 fully saturated rings. The first kappa shape index (κ1) is 98.3. The zero-order valence-electron chi connectivity index (χ0n) is 72.8. The van der Waals surface area contributed by atoms with Crippen LogP contribution in [0.4, 0.5) is 27.5 Å². The first-order chi connectivity index (χ1) is 55.2. The van der Waals surface area contributed by atoms with E-state index in [0.29, 0.717) is 108 Å². The number of ether oxygens (including phenoxy) is 6. The molecule has 4 rings (SSSR count). The number of rotatable bonds is 78. The monoisotopic (exact) mass is 1560 g/mol. The van der Waals surface area contributed by atoms with Gasteiger partial charge in [-0.1, -0.05) is 388 Å². The van der Waals surface area contributed by atoms with E-state index < -0.39 is 6.03 Å². The molecule has 0 saturated carbocycles. The van der Waals surface area contributed by atoms with Gasteiger partial charge in [-0.05, 0) is 111 Å². The molecule has 0 spiro atoms. The molecule has 0 saturated heterocycles. The van der Waals surface area contributed by atoms with Crippen molar-refractivity contribution in [2.45, 2.75) is 427 Å². The second-order valence-electron chi connectivity index (χ2n) is 32.4. The molecule has 636 valence electrons. The van der Waals surface area contributed by atoms with E-state index >= 15 is 0 Å². The maximum absolute atomic E-state index is 14.4. The Morgan fingerprint density at radius 2 is 0.357 bits per heavy atom. The number of nitrogens with one attached hydrogen (secondary N) is 4. The predicted octanol–water partition coefficient (Wildman–Crippen LogP) is 31.6. The van der Waals surface area contributed by atoms with Crippen LogP contribution in [0.2, 0.25) is 0 Å². The van der Waals surface area contributed by atoms with Crippen LogP contribution in [-0.4, -0.2) is 57.5 Å². The summed E-state index contributed by atoms with van der Waals surface area (Å²) in [5.74, 6) is 2.75. The minimum Gasteiger partial charge on any atom is -0.490 e. The standard InChI is InChI=1S/C99H166N4O9/c1-7-13-19-25-31-37-43-49-55-61-75-107-91-81-85(82-92(108-76-62-56-50-44-38-32-26-20-14-8-2)95(91)111-79-65-59-53-47-41-35-29-23-17-11-5)97(104)100-87-67-71-89(72-68-87)102-99(106)103-90-73-69-88(70-74-90)101-98(105)86-83-93(109-77-63-57-51-45-39-33-27-21-15-9-3)96(112-80-66-60-54-48-42-36-30-24-18-12-6)94(84-86)110-78-64-58-52-46-40-34-28-22-16-10-4/h67-74,81-84H,7-66,75-80H2,1-6H3,(H,100,104)(H,101,105)(H2,102,103,106). The number of benzene rings is 4. The van der Waals surface area contributed by atoms with Gasteiger partial charge >= 0.3 is 6.03 Å². The highest BCUT2D eigenvalue weighted by Crippen LogP contribution is 2.42. The summed E-state index contributed by atoms with van der Waals surface area (Å²) in [4.78, 5) is 42.3. The van der Waals surface area contributed by atoms with Gasteiger partial charge < -0.3 is 49.7 Å². The fourth-order valence-corrected chi connectivity index (χ4v) is 14.7. The second kappa shape index (κ2) is 70.3. The minimum atomic E-state index is -0.439. The molecule has 13 heteroatoms. The minimum absolute atomic E-state index is 0.299. The lowest BCUT2D eigenvalue weighted by Gasteiger charge is -2.19. The van der Waals surface area contributed by atoms with E-state index in [9.17, 15) is 14.4 Å². The van der Waals surface area contributed by atoms with Crippen LogP contribution in [0.15, 0.2) is 72.8 Å². The van der Waals surface area contributed by atoms with Crippen molar-refractivity contribution in [2.75, 3.05) is 60.9 Å². The van der Waals surface area contributed by atoms with E-state index in [1.807, 2.05) is 24.3 Å². The largest absolute Gasteiger partial charge is 0.490 e. The molecule has 0 bridgehead atoms. The number of urea groups is 1. The average Bonchev–Trinajstić information content (AvgIpc) is 0.816. The molecule has 0 aliphatic heterocycles.